The fourth-order valence-electron chi connectivity index (χ4n) is 2.24. The van der Waals surface area contributed by atoms with Gasteiger partial charge >= 0.3 is 0 Å². The van der Waals surface area contributed by atoms with Crippen LogP contribution in [-0.2, 0) is 9.59 Å². The predicted octanol–water partition coefficient (Wildman–Crippen LogP) is 3.27. The van der Waals surface area contributed by atoms with E-state index in [1.165, 1.54) is 11.3 Å². The molecule has 0 saturated heterocycles. The van der Waals surface area contributed by atoms with Crippen LogP contribution >= 0.6 is 11.3 Å². The molecule has 0 saturated carbocycles. The average molecular weight is 331 g/mol. The van der Waals surface area contributed by atoms with Crippen molar-refractivity contribution in [3.63, 3.8) is 0 Å². The number of nitrogens with zero attached hydrogens (tertiary/aromatic N) is 1. The van der Waals surface area contributed by atoms with E-state index in [0.717, 1.165) is 17.7 Å². The summed E-state index contributed by atoms with van der Waals surface area (Å²) in [5.74, 6) is 0.446. The highest BCUT2D eigenvalue weighted by molar-refractivity contribution is 7.14. The number of nitrogens with one attached hydrogen (secondary N) is 2. The van der Waals surface area contributed by atoms with Crippen molar-refractivity contribution in [1.29, 1.82) is 0 Å². The Morgan fingerprint density at radius 3 is 3.09 bits per heavy atom. The van der Waals surface area contributed by atoms with Crippen molar-refractivity contribution < 1.29 is 14.3 Å². The largest absolute Gasteiger partial charge is 0.479 e. The van der Waals surface area contributed by atoms with Crippen LogP contribution in [0.5, 0.6) is 5.75 Å². The van der Waals surface area contributed by atoms with Gasteiger partial charge in [0.2, 0.25) is 5.91 Å². The minimum absolute atomic E-state index is 0.0338. The number of hydrogen-bond acceptors (Lipinski definition) is 5. The Balaban J connectivity index is 1.80. The first-order chi connectivity index (χ1) is 11.1. The van der Waals surface area contributed by atoms with Gasteiger partial charge in [-0.2, -0.15) is 0 Å². The van der Waals surface area contributed by atoms with Crippen molar-refractivity contribution in [1.82, 2.24) is 4.98 Å². The van der Waals surface area contributed by atoms with Crippen LogP contribution in [-0.4, -0.2) is 22.9 Å². The quantitative estimate of drug-likeness (QED) is 0.901. The Morgan fingerprint density at radius 2 is 2.30 bits per heavy atom. The van der Waals surface area contributed by atoms with Crippen LogP contribution in [0.15, 0.2) is 23.6 Å². The summed E-state index contributed by atoms with van der Waals surface area (Å²) in [4.78, 5) is 27.7. The van der Waals surface area contributed by atoms with Crippen molar-refractivity contribution in [2.24, 2.45) is 0 Å². The highest BCUT2D eigenvalue weighted by Gasteiger charge is 2.23. The smallest absolute Gasteiger partial charge is 0.265 e. The van der Waals surface area contributed by atoms with Gasteiger partial charge in [-0.05, 0) is 31.5 Å². The molecule has 2 aromatic rings. The maximum Gasteiger partial charge on any atom is 0.265 e. The summed E-state index contributed by atoms with van der Waals surface area (Å²) >= 11 is 1.38. The number of hydrogen-bond donors (Lipinski definition) is 2. The zero-order valence-corrected chi connectivity index (χ0v) is 13.7. The lowest BCUT2D eigenvalue weighted by molar-refractivity contribution is -0.122. The molecule has 23 heavy (non-hydrogen) atoms. The number of ether oxygens (including phenoxy) is 1. The molecule has 3 rings (SSSR count). The van der Waals surface area contributed by atoms with Gasteiger partial charge in [0.15, 0.2) is 11.2 Å². The molecule has 2 N–H and O–H groups in total. The summed E-state index contributed by atoms with van der Waals surface area (Å²) in [5, 5.41) is 8.05. The number of anilines is 2. The minimum atomic E-state index is -0.493. The molecule has 0 fully saturated rings. The zero-order chi connectivity index (χ0) is 16.4. The molecular formula is C16H17N3O3S. The number of fused-ring (bicyclic) bond motifs is 1. The third-order valence-corrected chi connectivity index (χ3v) is 4.19. The van der Waals surface area contributed by atoms with E-state index in [1.807, 2.05) is 30.5 Å². The lowest BCUT2D eigenvalue weighted by Gasteiger charge is -2.23. The van der Waals surface area contributed by atoms with E-state index in [9.17, 15) is 9.59 Å². The summed E-state index contributed by atoms with van der Waals surface area (Å²) < 4.78 is 5.53. The monoisotopic (exact) mass is 331 g/mol. The molecule has 1 aliphatic rings. The number of thiazole rings is 1. The molecule has 2 heterocycles. The molecule has 1 aliphatic heterocycles. The van der Waals surface area contributed by atoms with Gasteiger partial charge in [-0.25, -0.2) is 4.98 Å². The van der Waals surface area contributed by atoms with Gasteiger partial charge in [-0.1, -0.05) is 6.92 Å². The van der Waals surface area contributed by atoms with Crippen LogP contribution in [0.2, 0.25) is 0 Å². The zero-order valence-electron chi connectivity index (χ0n) is 12.9. The van der Waals surface area contributed by atoms with Gasteiger partial charge in [0.25, 0.3) is 5.91 Å². The summed E-state index contributed by atoms with van der Waals surface area (Å²) in [6.07, 6.45) is 0.787. The second-order valence-corrected chi connectivity index (χ2v) is 6.15. The predicted molar refractivity (Wildman–Crippen MR) is 89.8 cm³/mol. The Labute approximate surface area is 137 Å². The van der Waals surface area contributed by atoms with Crippen LogP contribution in [0.25, 0.3) is 11.3 Å². The molecule has 2 amide bonds. The molecule has 0 aliphatic carbocycles. The number of carbonyl (C=O) groups excluding carboxylic acids is 2. The van der Waals surface area contributed by atoms with Crippen LogP contribution < -0.4 is 15.4 Å². The number of amides is 2. The van der Waals surface area contributed by atoms with Gasteiger partial charge in [-0.15, -0.1) is 11.3 Å². The maximum absolute atomic E-state index is 11.7. The summed E-state index contributed by atoms with van der Waals surface area (Å²) in [5.41, 5.74) is 2.24. The van der Waals surface area contributed by atoms with Gasteiger partial charge in [-0.3, -0.25) is 9.59 Å². The Bertz CT molecular complexity index is 757. The van der Waals surface area contributed by atoms with Crippen LogP contribution in [0.4, 0.5) is 10.8 Å². The van der Waals surface area contributed by atoms with E-state index in [2.05, 4.69) is 15.6 Å². The molecule has 120 valence electrons. The molecule has 1 aromatic heterocycles. The number of rotatable bonds is 4. The lowest BCUT2D eigenvalue weighted by Crippen LogP contribution is -2.34. The minimum Gasteiger partial charge on any atom is -0.479 e. The van der Waals surface area contributed by atoms with Gasteiger partial charge in [0.05, 0.1) is 11.4 Å². The first-order valence-electron chi connectivity index (χ1n) is 7.44. The molecule has 7 heteroatoms. The maximum atomic E-state index is 11.7. The fraction of sp³-hybridized carbons (Fsp3) is 0.312. The Morgan fingerprint density at radius 1 is 1.48 bits per heavy atom. The summed E-state index contributed by atoms with van der Waals surface area (Å²) in [6.45, 7) is 3.66. The highest BCUT2D eigenvalue weighted by Crippen LogP contribution is 2.34. The van der Waals surface area contributed by atoms with E-state index in [0.29, 0.717) is 23.0 Å². The first-order valence-corrected chi connectivity index (χ1v) is 8.32. The first kappa shape index (κ1) is 15.5. The van der Waals surface area contributed by atoms with Crippen molar-refractivity contribution in [2.45, 2.75) is 32.8 Å². The normalized spacial score (nSPS) is 16.3. The molecule has 1 atom stereocenters. The molecule has 0 spiro atoms. The second kappa shape index (κ2) is 6.37. The van der Waals surface area contributed by atoms with Crippen LogP contribution in [0.3, 0.4) is 0 Å². The van der Waals surface area contributed by atoms with Gasteiger partial charge in [0.1, 0.15) is 5.75 Å². The molecule has 0 radical (unpaired) electrons. The van der Waals surface area contributed by atoms with Crippen molar-refractivity contribution in [3.8, 4) is 17.0 Å². The second-order valence-electron chi connectivity index (χ2n) is 5.30. The lowest BCUT2D eigenvalue weighted by atomic mass is 10.1. The number of benzene rings is 1. The van der Waals surface area contributed by atoms with Crippen molar-refractivity contribution >= 4 is 34.0 Å². The Kier molecular flexibility index (Phi) is 4.29. The third kappa shape index (κ3) is 3.34. The van der Waals surface area contributed by atoms with E-state index < -0.39 is 6.10 Å². The van der Waals surface area contributed by atoms with E-state index >= 15 is 0 Å². The topological polar surface area (TPSA) is 80.3 Å². The van der Waals surface area contributed by atoms with Crippen molar-refractivity contribution in [2.75, 3.05) is 10.6 Å². The van der Waals surface area contributed by atoms with E-state index in [1.54, 1.807) is 6.92 Å². The fourth-order valence-corrected chi connectivity index (χ4v) is 2.98. The van der Waals surface area contributed by atoms with Crippen LogP contribution in [0, 0.1) is 0 Å². The third-order valence-electron chi connectivity index (χ3n) is 3.43. The number of aromatic nitrogens is 1. The molecule has 0 unspecified atom stereocenters. The van der Waals surface area contributed by atoms with Crippen LogP contribution in [0.1, 0.15) is 26.7 Å². The molecule has 6 nitrogen and oxygen atoms in total. The van der Waals surface area contributed by atoms with E-state index in [-0.39, 0.29) is 11.8 Å². The summed E-state index contributed by atoms with van der Waals surface area (Å²) in [7, 11) is 0. The van der Waals surface area contributed by atoms with Crippen molar-refractivity contribution in [3.05, 3.63) is 23.6 Å². The molecule has 1 aromatic carbocycles. The summed E-state index contributed by atoms with van der Waals surface area (Å²) in [6, 6.07) is 5.52. The van der Waals surface area contributed by atoms with Gasteiger partial charge < -0.3 is 15.4 Å². The molecular weight excluding hydrogens is 314 g/mol. The highest BCUT2D eigenvalue weighted by atomic mass is 32.1. The SMILES string of the molecule is CCCC(=O)Nc1nc(-c2ccc3c(c2)NC(=O)[C@@H](C)O3)cs1. The average Bonchev–Trinajstić information content (AvgIpc) is 2.96. The Hall–Kier alpha value is -2.41. The van der Waals surface area contributed by atoms with Gasteiger partial charge in [0, 0.05) is 17.4 Å². The number of carbonyl (C=O) groups is 2. The van der Waals surface area contributed by atoms with E-state index in [4.69, 9.17) is 4.74 Å². The molecule has 0 bridgehead atoms. The standard InChI is InChI=1S/C16H17N3O3S/c1-3-4-14(20)19-16-18-12(8-23-16)10-5-6-13-11(7-10)17-15(21)9(2)22-13/h5-9H,3-4H2,1-2H3,(H,17,21)(H,18,19,20)/t9-/m1/s1.